The molecule has 2 nitrogen and oxygen atoms in total. The molecule has 100 valence electrons. The minimum atomic E-state index is 0. The van der Waals surface area contributed by atoms with Gasteiger partial charge in [-0.3, -0.25) is 4.79 Å². The highest BCUT2D eigenvalue weighted by molar-refractivity contribution is 5.95. The van der Waals surface area contributed by atoms with Crippen LogP contribution < -0.4 is 21.5 Å². The summed E-state index contributed by atoms with van der Waals surface area (Å²) in [5.41, 5.74) is 4.28. The predicted octanol–water partition coefficient (Wildman–Crippen LogP) is -0.214. The van der Waals surface area contributed by atoms with Crippen molar-refractivity contribution in [1.29, 1.82) is 0 Å². The maximum Gasteiger partial charge on any atom is 0.227 e. The Kier molecular flexibility index (Phi) is 5.43. The van der Waals surface area contributed by atoms with Gasteiger partial charge in [-0.1, -0.05) is 29.8 Å². The van der Waals surface area contributed by atoms with Crippen LogP contribution in [0.2, 0.25) is 0 Å². The summed E-state index contributed by atoms with van der Waals surface area (Å²) in [7, 11) is 0. The first-order valence-corrected chi connectivity index (χ1v) is 6.13. The number of rotatable bonds is 3. The number of ketones is 1. The van der Waals surface area contributed by atoms with Crippen LogP contribution in [-0.4, -0.2) is 5.78 Å². The number of halogens is 1. The quantitative estimate of drug-likeness (QED) is 0.566. The minimum absolute atomic E-state index is 0. The Hall–Kier alpha value is -1.48. The molecule has 0 spiro atoms. The van der Waals surface area contributed by atoms with Crippen molar-refractivity contribution in [2.45, 2.75) is 27.3 Å². The number of carbonyl (C=O) groups is 1. The summed E-state index contributed by atoms with van der Waals surface area (Å²) >= 11 is 0. The van der Waals surface area contributed by atoms with E-state index in [1.54, 1.807) is 0 Å². The average Bonchev–Trinajstić information content (AvgIpc) is 2.36. The van der Waals surface area contributed by atoms with Gasteiger partial charge in [-0.2, -0.15) is 4.57 Å². The van der Waals surface area contributed by atoms with Gasteiger partial charge < -0.3 is 17.0 Å². The summed E-state index contributed by atoms with van der Waals surface area (Å²) in [6.45, 7) is 6.52. The van der Waals surface area contributed by atoms with Crippen LogP contribution in [0, 0.1) is 20.8 Å². The van der Waals surface area contributed by atoms with Gasteiger partial charge in [-0.25, -0.2) is 0 Å². The lowest BCUT2D eigenvalue weighted by molar-refractivity contribution is -0.689. The lowest BCUT2D eigenvalue weighted by Gasteiger charge is -2.03. The fourth-order valence-corrected chi connectivity index (χ4v) is 1.91. The monoisotopic (exact) mass is 319 g/mol. The van der Waals surface area contributed by atoms with Crippen LogP contribution in [0.5, 0.6) is 0 Å². The Bertz CT molecular complexity index is 576. The summed E-state index contributed by atoms with van der Waals surface area (Å²) in [6.07, 6.45) is 1.95. The first-order valence-electron chi connectivity index (χ1n) is 6.13. The molecule has 0 aliphatic carbocycles. The van der Waals surface area contributed by atoms with Crippen molar-refractivity contribution in [1.82, 2.24) is 0 Å². The highest BCUT2D eigenvalue weighted by Gasteiger charge is 2.15. The van der Waals surface area contributed by atoms with E-state index in [1.807, 2.05) is 54.9 Å². The van der Waals surface area contributed by atoms with Gasteiger partial charge in [0.05, 0.1) is 0 Å². The Morgan fingerprint density at radius 2 is 1.68 bits per heavy atom. The molecule has 0 aliphatic rings. The topological polar surface area (TPSA) is 20.9 Å². The third-order valence-electron chi connectivity index (χ3n) is 3.30. The lowest BCUT2D eigenvalue weighted by Crippen LogP contribution is -3.00. The molecule has 0 bridgehead atoms. The van der Waals surface area contributed by atoms with Crippen LogP contribution >= 0.6 is 0 Å². The Morgan fingerprint density at radius 1 is 1.05 bits per heavy atom. The van der Waals surface area contributed by atoms with Crippen molar-refractivity contribution in [3.8, 4) is 0 Å². The van der Waals surface area contributed by atoms with Gasteiger partial charge in [-0.15, -0.1) is 0 Å². The highest BCUT2D eigenvalue weighted by atomic mass is 79.9. The maximum atomic E-state index is 12.2. The van der Waals surface area contributed by atoms with E-state index in [9.17, 15) is 4.79 Å². The van der Waals surface area contributed by atoms with Crippen molar-refractivity contribution in [2.75, 3.05) is 0 Å². The SMILES string of the molecule is Cc1ccc(C(=O)C[n+]2cccc(C)c2C)cc1.[Br-]. The van der Waals surface area contributed by atoms with Crippen LogP contribution in [0.3, 0.4) is 0 Å². The van der Waals surface area contributed by atoms with Gasteiger partial charge in [0.1, 0.15) is 0 Å². The zero-order valence-electron chi connectivity index (χ0n) is 11.5. The zero-order valence-corrected chi connectivity index (χ0v) is 13.1. The van der Waals surface area contributed by atoms with E-state index >= 15 is 0 Å². The molecule has 1 heterocycles. The summed E-state index contributed by atoms with van der Waals surface area (Å²) in [4.78, 5) is 12.2. The third-order valence-corrected chi connectivity index (χ3v) is 3.30. The number of carbonyl (C=O) groups excluding carboxylic acids is 1. The van der Waals surface area contributed by atoms with Crippen LogP contribution in [0.4, 0.5) is 0 Å². The second kappa shape index (κ2) is 6.62. The van der Waals surface area contributed by atoms with Crippen LogP contribution in [-0.2, 0) is 6.54 Å². The van der Waals surface area contributed by atoms with Crippen LogP contribution in [0.1, 0.15) is 27.2 Å². The molecule has 19 heavy (non-hydrogen) atoms. The molecule has 0 N–H and O–H groups in total. The van der Waals surface area contributed by atoms with E-state index in [0.717, 1.165) is 11.3 Å². The highest BCUT2D eigenvalue weighted by Crippen LogP contribution is 2.05. The molecule has 2 rings (SSSR count). The summed E-state index contributed by atoms with van der Waals surface area (Å²) in [6, 6.07) is 11.8. The lowest BCUT2D eigenvalue weighted by atomic mass is 10.1. The predicted molar refractivity (Wildman–Crippen MR) is 71.6 cm³/mol. The summed E-state index contributed by atoms with van der Waals surface area (Å²) in [5, 5.41) is 0. The number of aryl methyl sites for hydroxylation is 2. The number of hydrogen-bond donors (Lipinski definition) is 0. The second-order valence-electron chi connectivity index (χ2n) is 4.69. The van der Waals surface area contributed by atoms with Crippen molar-refractivity contribution in [3.63, 3.8) is 0 Å². The van der Waals surface area contributed by atoms with Gasteiger partial charge in [0, 0.05) is 24.1 Å². The molecule has 0 fully saturated rings. The smallest absolute Gasteiger partial charge is 0.227 e. The molecule has 3 heteroatoms. The third kappa shape index (κ3) is 3.74. The van der Waals surface area contributed by atoms with Gasteiger partial charge in [-0.05, 0) is 19.9 Å². The number of nitrogens with zero attached hydrogens (tertiary/aromatic N) is 1. The largest absolute Gasteiger partial charge is 1.00 e. The molecule has 1 aromatic carbocycles. The molecule has 0 aliphatic heterocycles. The van der Waals surface area contributed by atoms with E-state index in [0.29, 0.717) is 6.54 Å². The zero-order chi connectivity index (χ0) is 13.1. The van der Waals surface area contributed by atoms with E-state index in [1.165, 1.54) is 11.1 Å². The van der Waals surface area contributed by atoms with Crippen LogP contribution in [0.25, 0.3) is 0 Å². The van der Waals surface area contributed by atoms with Crippen molar-refractivity contribution in [3.05, 3.63) is 65.0 Å². The van der Waals surface area contributed by atoms with E-state index < -0.39 is 0 Å². The van der Waals surface area contributed by atoms with Crippen molar-refractivity contribution >= 4 is 5.78 Å². The van der Waals surface area contributed by atoms with Crippen molar-refractivity contribution < 1.29 is 26.3 Å². The summed E-state index contributed by atoms with van der Waals surface area (Å²) in [5.74, 6) is 0.147. The fourth-order valence-electron chi connectivity index (χ4n) is 1.91. The molecule has 0 amide bonds. The van der Waals surface area contributed by atoms with E-state index in [4.69, 9.17) is 0 Å². The Labute approximate surface area is 124 Å². The second-order valence-corrected chi connectivity index (χ2v) is 4.69. The number of hydrogen-bond acceptors (Lipinski definition) is 1. The first-order chi connectivity index (χ1) is 8.58. The number of pyridine rings is 1. The maximum absolute atomic E-state index is 12.2. The molecule has 2 aromatic rings. The fraction of sp³-hybridized carbons (Fsp3) is 0.250. The molecule has 0 saturated heterocycles. The van der Waals surface area contributed by atoms with E-state index in [2.05, 4.69) is 13.0 Å². The normalized spacial score (nSPS) is 9.84. The van der Waals surface area contributed by atoms with Gasteiger partial charge in [0.15, 0.2) is 11.9 Å². The Balaban J connectivity index is 0.00000180. The first kappa shape index (κ1) is 15.6. The molecule has 0 saturated carbocycles. The number of benzene rings is 1. The number of Topliss-reactive ketones (excluding diaryl/α,β-unsaturated/α-hetero) is 1. The molecular formula is C16H18BrNO. The Morgan fingerprint density at radius 3 is 2.32 bits per heavy atom. The minimum Gasteiger partial charge on any atom is -1.00 e. The molecule has 0 atom stereocenters. The van der Waals surface area contributed by atoms with Gasteiger partial charge in [0.2, 0.25) is 12.3 Å². The molecule has 0 unspecified atom stereocenters. The van der Waals surface area contributed by atoms with Crippen molar-refractivity contribution in [2.24, 2.45) is 0 Å². The average molecular weight is 320 g/mol. The van der Waals surface area contributed by atoms with E-state index in [-0.39, 0.29) is 22.8 Å². The van der Waals surface area contributed by atoms with Crippen LogP contribution in [0.15, 0.2) is 42.6 Å². The molecular weight excluding hydrogens is 302 g/mol. The standard InChI is InChI=1S/C16H18NO.BrH/c1-12-6-8-15(9-7-12)16(18)11-17-10-4-5-13(2)14(17)3;/h4-10H,11H2,1-3H3;1H/q+1;/p-1. The molecule has 0 radical (unpaired) electrons. The van der Waals surface area contributed by atoms with Gasteiger partial charge >= 0.3 is 0 Å². The number of aromatic nitrogens is 1. The molecule has 1 aromatic heterocycles. The van der Waals surface area contributed by atoms with Gasteiger partial charge in [0.25, 0.3) is 0 Å². The summed E-state index contributed by atoms with van der Waals surface area (Å²) < 4.78 is 2.00.